The van der Waals surface area contributed by atoms with E-state index in [9.17, 15) is 0 Å². The second-order valence-corrected chi connectivity index (χ2v) is 18.5. The first kappa shape index (κ1) is 40.6. The summed E-state index contributed by atoms with van der Waals surface area (Å²) in [5.74, 6) is 0. The van der Waals surface area contributed by atoms with Crippen molar-refractivity contribution in [2.24, 2.45) is 0 Å². The van der Waals surface area contributed by atoms with Gasteiger partial charge in [-0.2, -0.15) is 0 Å². The smallest absolute Gasteiger partial charge is 0.136 e. The SMILES string of the molecule is c1cc(-c2ccc(N(c3ccc(-c4ccc5c(ccc6ccccc65)c4)cc3)c3ccc(-c4ccc5c(c4)oc4ccccc45)cc3)cc2)cc(-c2cccc(-n3c4ccccc4c4ccccc43)c2)c1. The third-order valence-corrected chi connectivity index (χ3v) is 14.4. The Morgan fingerprint density at radius 2 is 0.690 bits per heavy atom. The van der Waals surface area contributed by atoms with Gasteiger partial charge in [-0.15, -0.1) is 0 Å². The van der Waals surface area contributed by atoms with E-state index in [-0.39, 0.29) is 0 Å². The van der Waals surface area contributed by atoms with Crippen LogP contribution in [0.25, 0.3) is 115 Å². The van der Waals surface area contributed by atoms with Gasteiger partial charge in [-0.1, -0.05) is 176 Å². The van der Waals surface area contributed by atoms with Crippen LogP contribution in [0.15, 0.2) is 271 Å². The zero-order valence-corrected chi connectivity index (χ0v) is 38.7. The molecule has 0 N–H and O–H groups in total. The van der Waals surface area contributed by atoms with Crippen molar-refractivity contribution in [2.45, 2.75) is 0 Å². The molecule has 12 aromatic carbocycles. The number of anilines is 3. The van der Waals surface area contributed by atoms with Crippen LogP contribution in [-0.2, 0) is 0 Å². The molecule has 0 spiro atoms. The molecule has 0 saturated heterocycles. The summed E-state index contributed by atoms with van der Waals surface area (Å²) in [5.41, 5.74) is 17.9. The Balaban J connectivity index is 0.805. The molecule has 2 heterocycles. The number of benzene rings is 12. The summed E-state index contributed by atoms with van der Waals surface area (Å²) in [6, 6.07) is 96.7. The van der Waals surface area contributed by atoms with Crippen LogP contribution in [0.5, 0.6) is 0 Å². The van der Waals surface area contributed by atoms with Crippen LogP contribution in [0.3, 0.4) is 0 Å². The molecule has 0 aliphatic carbocycles. The Labute approximate surface area is 411 Å². The molecule has 0 atom stereocenters. The van der Waals surface area contributed by atoms with Crippen LogP contribution in [0, 0.1) is 0 Å². The highest BCUT2D eigenvalue weighted by Crippen LogP contribution is 2.40. The predicted molar refractivity (Wildman–Crippen MR) is 299 cm³/mol. The summed E-state index contributed by atoms with van der Waals surface area (Å²) in [7, 11) is 0. The number of para-hydroxylation sites is 3. The Kier molecular flexibility index (Phi) is 9.53. The quantitative estimate of drug-likeness (QED) is 0.142. The minimum Gasteiger partial charge on any atom is -0.456 e. The minimum absolute atomic E-state index is 0.896. The van der Waals surface area contributed by atoms with Gasteiger partial charge in [0, 0.05) is 44.3 Å². The van der Waals surface area contributed by atoms with E-state index in [4.69, 9.17) is 4.42 Å². The van der Waals surface area contributed by atoms with Crippen molar-refractivity contribution in [2.75, 3.05) is 4.90 Å². The van der Waals surface area contributed by atoms with Gasteiger partial charge in [-0.3, -0.25) is 0 Å². The number of furan rings is 1. The molecule has 3 nitrogen and oxygen atoms in total. The third kappa shape index (κ3) is 7.06. The van der Waals surface area contributed by atoms with E-state index in [1.54, 1.807) is 0 Å². The normalized spacial score (nSPS) is 11.7. The lowest BCUT2D eigenvalue weighted by atomic mass is 9.97. The van der Waals surface area contributed by atoms with E-state index in [0.717, 1.165) is 61.4 Å². The molecule has 14 aromatic rings. The molecule has 0 saturated carbocycles. The predicted octanol–water partition coefficient (Wildman–Crippen LogP) is 19.1. The molecule has 2 aromatic heterocycles. The molecule has 0 fully saturated rings. The van der Waals surface area contributed by atoms with Gasteiger partial charge in [0.25, 0.3) is 0 Å². The number of hydrogen-bond donors (Lipinski definition) is 0. The third-order valence-electron chi connectivity index (χ3n) is 14.4. The summed E-state index contributed by atoms with van der Waals surface area (Å²) < 4.78 is 8.66. The van der Waals surface area contributed by atoms with Gasteiger partial charge in [0.1, 0.15) is 11.2 Å². The largest absolute Gasteiger partial charge is 0.456 e. The van der Waals surface area contributed by atoms with Crippen LogP contribution >= 0.6 is 0 Å². The highest BCUT2D eigenvalue weighted by molar-refractivity contribution is 6.10. The molecule has 0 aliphatic rings. The highest BCUT2D eigenvalue weighted by Gasteiger charge is 2.17. The lowest BCUT2D eigenvalue weighted by Crippen LogP contribution is -2.09. The number of nitrogens with zero attached hydrogens (tertiary/aromatic N) is 2. The van der Waals surface area contributed by atoms with Crippen molar-refractivity contribution in [1.82, 2.24) is 4.57 Å². The number of rotatable bonds is 8. The van der Waals surface area contributed by atoms with Crippen LogP contribution in [0.2, 0.25) is 0 Å². The van der Waals surface area contributed by atoms with Crippen molar-refractivity contribution >= 4 is 82.4 Å². The molecule has 0 bridgehead atoms. The zero-order valence-electron chi connectivity index (χ0n) is 38.7. The first-order chi connectivity index (χ1) is 35.2. The van der Waals surface area contributed by atoms with E-state index in [1.165, 1.54) is 71.2 Å². The average Bonchev–Trinajstić information content (AvgIpc) is 3.99. The van der Waals surface area contributed by atoms with Crippen molar-refractivity contribution in [3.05, 3.63) is 267 Å². The summed E-state index contributed by atoms with van der Waals surface area (Å²) in [6.45, 7) is 0. The maximum Gasteiger partial charge on any atom is 0.136 e. The lowest BCUT2D eigenvalue weighted by Gasteiger charge is -2.26. The van der Waals surface area contributed by atoms with Crippen LogP contribution in [0.4, 0.5) is 17.1 Å². The molecular weight excluding hydrogens is 861 g/mol. The van der Waals surface area contributed by atoms with Crippen molar-refractivity contribution in [1.29, 1.82) is 0 Å². The van der Waals surface area contributed by atoms with E-state index in [1.807, 2.05) is 12.1 Å². The molecule has 71 heavy (non-hydrogen) atoms. The summed E-state index contributed by atoms with van der Waals surface area (Å²) in [6.07, 6.45) is 0. The van der Waals surface area contributed by atoms with Gasteiger partial charge in [-0.05, 0) is 157 Å². The van der Waals surface area contributed by atoms with Gasteiger partial charge in [0.2, 0.25) is 0 Å². The average molecular weight is 905 g/mol. The maximum absolute atomic E-state index is 6.28. The van der Waals surface area contributed by atoms with Gasteiger partial charge in [-0.25, -0.2) is 0 Å². The Morgan fingerprint density at radius 3 is 1.34 bits per heavy atom. The van der Waals surface area contributed by atoms with E-state index < -0.39 is 0 Å². The molecule has 14 rings (SSSR count). The Bertz CT molecular complexity index is 4280. The molecule has 0 unspecified atom stereocenters. The van der Waals surface area contributed by atoms with Crippen molar-refractivity contribution < 1.29 is 4.42 Å². The van der Waals surface area contributed by atoms with E-state index in [2.05, 4.69) is 264 Å². The second kappa shape index (κ2) is 16.7. The zero-order chi connectivity index (χ0) is 46.8. The van der Waals surface area contributed by atoms with Gasteiger partial charge in [0.05, 0.1) is 11.0 Å². The standard InChI is InChI=1S/C68H44N2O/c1-2-16-59-48(11-1)23-24-54-42-52(31-39-60(54)59)46-27-35-56(36-28-46)69(57-37-29-47(30-38-57)53-32-40-64-63-19-5-8-22-67(63)71-68(64)44-53)55-33-25-45(26-34-55)49-12-9-13-50(41-49)51-14-10-15-58(43-51)70-65-20-6-3-17-61(65)62-18-4-7-21-66(62)70/h1-44H. The van der Waals surface area contributed by atoms with Gasteiger partial charge >= 0.3 is 0 Å². The molecule has 0 aliphatic heterocycles. The first-order valence-corrected chi connectivity index (χ1v) is 24.3. The fraction of sp³-hybridized carbons (Fsp3) is 0. The van der Waals surface area contributed by atoms with Crippen LogP contribution in [-0.4, -0.2) is 4.57 Å². The van der Waals surface area contributed by atoms with E-state index in [0.29, 0.717) is 0 Å². The fourth-order valence-electron chi connectivity index (χ4n) is 10.9. The number of fused-ring (bicyclic) bond motifs is 9. The summed E-state index contributed by atoms with van der Waals surface area (Å²) in [4.78, 5) is 2.35. The van der Waals surface area contributed by atoms with E-state index >= 15 is 0 Å². The Morgan fingerprint density at radius 1 is 0.254 bits per heavy atom. The first-order valence-electron chi connectivity index (χ1n) is 24.3. The highest BCUT2D eigenvalue weighted by atomic mass is 16.3. The van der Waals surface area contributed by atoms with Crippen LogP contribution < -0.4 is 4.90 Å². The van der Waals surface area contributed by atoms with Crippen LogP contribution in [0.1, 0.15) is 0 Å². The fourth-order valence-corrected chi connectivity index (χ4v) is 10.9. The van der Waals surface area contributed by atoms with Crippen molar-refractivity contribution in [3.8, 4) is 50.2 Å². The lowest BCUT2D eigenvalue weighted by molar-refractivity contribution is 0.669. The Hall–Kier alpha value is -9.44. The second-order valence-electron chi connectivity index (χ2n) is 18.5. The molecule has 3 heteroatoms. The van der Waals surface area contributed by atoms with Gasteiger partial charge < -0.3 is 13.9 Å². The number of aromatic nitrogens is 1. The summed E-state index contributed by atoms with van der Waals surface area (Å²) >= 11 is 0. The van der Waals surface area contributed by atoms with Crippen molar-refractivity contribution in [3.63, 3.8) is 0 Å². The topological polar surface area (TPSA) is 21.3 Å². The monoisotopic (exact) mass is 904 g/mol. The molecule has 0 amide bonds. The number of hydrogen-bond acceptors (Lipinski definition) is 2. The molecule has 332 valence electrons. The molecule has 0 radical (unpaired) electrons. The van der Waals surface area contributed by atoms with Gasteiger partial charge in [0.15, 0.2) is 0 Å². The minimum atomic E-state index is 0.896. The summed E-state index contributed by atoms with van der Waals surface area (Å²) in [5, 5.41) is 9.85. The maximum atomic E-state index is 6.28. The molecular formula is C68H44N2O.